The lowest BCUT2D eigenvalue weighted by molar-refractivity contribution is -0.284. The van der Waals surface area contributed by atoms with Crippen molar-refractivity contribution in [2.75, 3.05) is 11.9 Å². The Morgan fingerprint density at radius 3 is 2.39 bits per heavy atom. The molecule has 0 bridgehead atoms. The van der Waals surface area contributed by atoms with E-state index in [9.17, 15) is 18.0 Å². The molecule has 1 heterocycles. The highest BCUT2D eigenvalue weighted by molar-refractivity contribution is 5.90. The lowest BCUT2D eigenvalue weighted by Crippen LogP contribution is -2.52. The van der Waals surface area contributed by atoms with Gasteiger partial charge in [0.15, 0.2) is 5.79 Å². The van der Waals surface area contributed by atoms with Gasteiger partial charge in [0, 0.05) is 0 Å². The Kier molecular flexibility index (Phi) is 5.62. The summed E-state index contributed by atoms with van der Waals surface area (Å²) in [5, 5.41) is 4.94. The molecule has 150 valence electrons. The van der Waals surface area contributed by atoms with Gasteiger partial charge in [0.1, 0.15) is 6.10 Å². The van der Waals surface area contributed by atoms with Crippen molar-refractivity contribution in [3.8, 4) is 0 Å². The van der Waals surface area contributed by atoms with Crippen molar-refractivity contribution in [2.45, 2.75) is 38.0 Å². The fourth-order valence-corrected chi connectivity index (χ4v) is 3.03. The molecule has 1 aliphatic rings. The SMILES string of the molecule is CC1(C)OC[C@H](NC(=O)Nc2ccccc2C(F)(F)F)[C@@H](c2ccccc2)O1. The molecule has 8 heteroatoms. The molecule has 2 N–H and O–H groups in total. The molecular formula is C20H21F3N2O3. The van der Waals surface area contributed by atoms with E-state index in [1.807, 2.05) is 30.3 Å². The fraction of sp³-hybridized carbons (Fsp3) is 0.350. The van der Waals surface area contributed by atoms with Gasteiger partial charge in [-0.15, -0.1) is 0 Å². The zero-order chi connectivity index (χ0) is 20.4. The third-order valence-electron chi connectivity index (χ3n) is 4.31. The minimum atomic E-state index is -4.57. The van der Waals surface area contributed by atoms with E-state index in [0.29, 0.717) is 0 Å². The molecule has 1 aliphatic heterocycles. The number of halogens is 3. The van der Waals surface area contributed by atoms with Crippen LogP contribution in [0.25, 0.3) is 0 Å². The highest BCUT2D eigenvalue weighted by atomic mass is 19.4. The first-order valence-electron chi connectivity index (χ1n) is 8.76. The zero-order valence-electron chi connectivity index (χ0n) is 15.4. The van der Waals surface area contributed by atoms with Crippen molar-refractivity contribution in [2.24, 2.45) is 0 Å². The predicted molar refractivity (Wildman–Crippen MR) is 97.7 cm³/mol. The number of para-hydroxylation sites is 1. The molecule has 0 radical (unpaired) electrons. The lowest BCUT2D eigenvalue weighted by atomic mass is 10.0. The molecule has 0 saturated carbocycles. The van der Waals surface area contributed by atoms with Crippen LogP contribution in [0, 0.1) is 0 Å². The summed E-state index contributed by atoms with van der Waals surface area (Å²) in [6, 6.07) is 12.7. The van der Waals surface area contributed by atoms with Gasteiger partial charge in [-0.2, -0.15) is 13.2 Å². The summed E-state index contributed by atoms with van der Waals surface area (Å²) in [5.41, 5.74) is -0.399. The number of hydrogen-bond acceptors (Lipinski definition) is 3. The fourth-order valence-electron chi connectivity index (χ4n) is 3.03. The Morgan fingerprint density at radius 2 is 1.71 bits per heavy atom. The number of nitrogens with one attached hydrogen (secondary N) is 2. The summed E-state index contributed by atoms with van der Waals surface area (Å²) in [5.74, 6) is -0.849. The van der Waals surface area contributed by atoms with Gasteiger partial charge in [-0.3, -0.25) is 0 Å². The maximum atomic E-state index is 13.1. The first-order chi connectivity index (χ1) is 13.2. The molecule has 28 heavy (non-hydrogen) atoms. The molecule has 5 nitrogen and oxygen atoms in total. The van der Waals surface area contributed by atoms with Crippen molar-refractivity contribution in [1.29, 1.82) is 0 Å². The van der Waals surface area contributed by atoms with Crippen LogP contribution in [0.5, 0.6) is 0 Å². The Labute approximate surface area is 160 Å². The zero-order valence-corrected chi connectivity index (χ0v) is 15.4. The molecule has 0 unspecified atom stereocenters. The minimum Gasteiger partial charge on any atom is -0.348 e. The Hall–Kier alpha value is -2.58. The van der Waals surface area contributed by atoms with Crippen molar-refractivity contribution in [1.82, 2.24) is 5.32 Å². The van der Waals surface area contributed by atoms with Gasteiger partial charge in [-0.1, -0.05) is 42.5 Å². The maximum Gasteiger partial charge on any atom is 0.418 e. The highest BCUT2D eigenvalue weighted by Crippen LogP contribution is 2.35. The van der Waals surface area contributed by atoms with Crippen LogP contribution in [0.15, 0.2) is 54.6 Å². The number of urea groups is 1. The smallest absolute Gasteiger partial charge is 0.348 e. The Balaban J connectivity index is 1.76. The summed E-state index contributed by atoms with van der Waals surface area (Å²) in [4.78, 5) is 12.4. The van der Waals surface area contributed by atoms with E-state index >= 15 is 0 Å². The van der Waals surface area contributed by atoms with Crippen LogP contribution in [0.3, 0.4) is 0 Å². The van der Waals surface area contributed by atoms with E-state index in [1.54, 1.807) is 13.8 Å². The van der Waals surface area contributed by atoms with E-state index in [-0.39, 0.29) is 12.3 Å². The molecule has 1 fully saturated rings. The first kappa shape index (κ1) is 20.2. The van der Waals surface area contributed by atoms with E-state index in [0.717, 1.165) is 11.6 Å². The van der Waals surface area contributed by atoms with Crippen molar-refractivity contribution >= 4 is 11.7 Å². The van der Waals surface area contributed by atoms with Gasteiger partial charge < -0.3 is 20.1 Å². The number of carbonyl (C=O) groups excluding carboxylic acids is 1. The predicted octanol–water partition coefficient (Wildman–Crippen LogP) is 4.72. The molecule has 2 aromatic rings. The number of hydrogen-bond donors (Lipinski definition) is 2. The van der Waals surface area contributed by atoms with Gasteiger partial charge in [0.25, 0.3) is 0 Å². The second-order valence-electron chi connectivity index (χ2n) is 6.91. The topological polar surface area (TPSA) is 59.6 Å². The number of carbonyl (C=O) groups is 1. The number of rotatable bonds is 3. The van der Waals surface area contributed by atoms with Crippen LogP contribution in [-0.2, 0) is 15.7 Å². The van der Waals surface area contributed by atoms with E-state index in [1.165, 1.54) is 18.2 Å². The number of anilines is 1. The van der Waals surface area contributed by atoms with Crippen molar-refractivity contribution in [3.05, 3.63) is 65.7 Å². The number of amides is 2. The van der Waals surface area contributed by atoms with Crippen LogP contribution in [0.1, 0.15) is 31.1 Å². The molecule has 0 spiro atoms. The highest BCUT2D eigenvalue weighted by Gasteiger charge is 2.38. The van der Waals surface area contributed by atoms with Crippen molar-refractivity contribution in [3.63, 3.8) is 0 Å². The summed E-state index contributed by atoms with van der Waals surface area (Å²) >= 11 is 0. The number of ether oxygens (including phenoxy) is 2. The van der Waals surface area contributed by atoms with Crippen LogP contribution < -0.4 is 10.6 Å². The monoisotopic (exact) mass is 394 g/mol. The van der Waals surface area contributed by atoms with Gasteiger partial charge in [0.2, 0.25) is 0 Å². The van der Waals surface area contributed by atoms with Gasteiger partial charge >= 0.3 is 12.2 Å². The van der Waals surface area contributed by atoms with Crippen molar-refractivity contribution < 1.29 is 27.4 Å². The normalized spacial score (nSPS) is 21.8. The largest absolute Gasteiger partial charge is 0.418 e. The summed E-state index contributed by atoms with van der Waals surface area (Å²) in [6.07, 6.45) is -5.08. The van der Waals surface area contributed by atoms with E-state index < -0.39 is 35.7 Å². The molecule has 0 aromatic heterocycles. The quantitative estimate of drug-likeness (QED) is 0.792. The van der Waals surface area contributed by atoms with Crippen LogP contribution in [-0.4, -0.2) is 24.5 Å². The molecular weight excluding hydrogens is 373 g/mol. The molecule has 2 atom stereocenters. The third-order valence-corrected chi connectivity index (χ3v) is 4.31. The average molecular weight is 394 g/mol. The molecule has 2 amide bonds. The summed E-state index contributed by atoms with van der Waals surface area (Å²) in [6.45, 7) is 3.68. The van der Waals surface area contributed by atoms with E-state index in [2.05, 4.69) is 10.6 Å². The second-order valence-corrected chi connectivity index (χ2v) is 6.91. The van der Waals surface area contributed by atoms with Crippen LogP contribution in [0.2, 0.25) is 0 Å². The minimum absolute atomic E-state index is 0.154. The van der Waals surface area contributed by atoms with Crippen LogP contribution in [0.4, 0.5) is 23.7 Å². The number of benzene rings is 2. The second kappa shape index (κ2) is 7.81. The molecule has 3 rings (SSSR count). The first-order valence-corrected chi connectivity index (χ1v) is 8.76. The van der Waals surface area contributed by atoms with Gasteiger partial charge in [-0.05, 0) is 31.5 Å². The Bertz CT molecular complexity index is 825. The van der Waals surface area contributed by atoms with Crippen LogP contribution >= 0.6 is 0 Å². The number of alkyl halides is 3. The maximum absolute atomic E-state index is 13.1. The molecule has 2 aromatic carbocycles. The average Bonchev–Trinajstić information content (AvgIpc) is 2.63. The third kappa shape index (κ3) is 4.82. The lowest BCUT2D eigenvalue weighted by Gasteiger charge is -2.41. The summed E-state index contributed by atoms with van der Waals surface area (Å²) in [7, 11) is 0. The molecule has 1 saturated heterocycles. The Morgan fingerprint density at radius 1 is 1.07 bits per heavy atom. The van der Waals surface area contributed by atoms with Gasteiger partial charge in [-0.25, -0.2) is 4.79 Å². The standard InChI is InChI=1S/C20H21F3N2O3/c1-19(2)27-12-16(17(28-19)13-8-4-3-5-9-13)25-18(26)24-15-11-7-6-10-14(15)20(21,22)23/h3-11,16-17H,12H2,1-2H3,(H2,24,25,26)/t16-,17+/m0/s1. The van der Waals surface area contributed by atoms with Gasteiger partial charge in [0.05, 0.1) is 23.9 Å². The molecule has 0 aliphatic carbocycles. The summed E-state index contributed by atoms with van der Waals surface area (Å²) < 4.78 is 50.9. The van der Waals surface area contributed by atoms with E-state index in [4.69, 9.17) is 9.47 Å².